The number of benzene rings is 1. The normalized spacial score (nSPS) is 10.4. The van der Waals surface area contributed by atoms with Gasteiger partial charge < -0.3 is 15.1 Å². The van der Waals surface area contributed by atoms with E-state index in [1.54, 1.807) is 23.5 Å². The summed E-state index contributed by atoms with van der Waals surface area (Å²) in [7, 11) is 0. The Morgan fingerprint density at radius 1 is 1.32 bits per heavy atom. The van der Waals surface area contributed by atoms with Crippen molar-refractivity contribution in [2.45, 2.75) is 6.92 Å². The highest BCUT2D eigenvalue weighted by atomic mass is 32.1. The summed E-state index contributed by atoms with van der Waals surface area (Å²) in [6.45, 7) is 2.87. The number of aromatic nitrogens is 1. The van der Waals surface area contributed by atoms with Gasteiger partial charge in [0.15, 0.2) is 10.9 Å². The predicted molar refractivity (Wildman–Crippen MR) is 88.4 cm³/mol. The number of nitrogens with zero attached hydrogens (tertiary/aromatic N) is 1. The Morgan fingerprint density at radius 3 is 3.00 bits per heavy atom. The van der Waals surface area contributed by atoms with E-state index in [4.69, 9.17) is 4.42 Å². The lowest BCUT2D eigenvalue weighted by Gasteiger charge is -2.05. The van der Waals surface area contributed by atoms with Gasteiger partial charge in [-0.05, 0) is 31.2 Å². The number of carbonyl (C=O) groups excluding carboxylic acids is 1. The van der Waals surface area contributed by atoms with Gasteiger partial charge in [0, 0.05) is 23.2 Å². The molecule has 0 bridgehead atoms. The summed E-state index contributed by atoms with van der Waals surface area (Å²) in [6, 6.07) is 10.9. The molecule has 0 atom stereocenters. The maximum atomic E-state index is 12.0. The third-order valence-electron chi connectivity index (χ3n) is 2.99. The van der Waals surface area contributed by atoms with Crippen molar-refractivity contribution in [1.82, 2.24) is 4.98 Å². The molecule has 2 aromatic heterocycles. The zero-order valence-corrected chi connectivity index (χ0v) is 12.8. The Balaban J connectivity index is 1.78. The van der Waals surface area contributed by atoms with Crippen molar-refractivity contribution in [1.29, 1.82) is 0 Å². The van der Waals surface area contributed by atoms with Crippen molar-refractivity contribution in [3.8, 4) is 11.3 Å². The van der Waals surface area contributed by atoms with Gasteiger partial charge in [-0.2, -0.15) is 0 Å². The summed E-state index contributed by atoms with van der Waals surface area (Å²) in [5.41, 5.74) is 2.55. The number of amides is 1. The molecule has 1 aromatic carbocycles. The molecule has 0 aliphatic rings. The van der Waals surface area contributed by atoms with Gasteiger partial charge in [-0.3, -0.25) is 4.79 Å². The zero-order valence-electron chi connectivity index (χ0n) is 12.0. The first-order chi connectivity index (χ1) is 10.8. The zero-order chi connectivity index (χ0) is 15.4. The van der Waals surface area contributed by atoms with Crippen molar-refractivity contribution in [2.24, 2.45) is 0 Å². The highest BCUT2D eigenvalue weighted by molar-refractivity contribution is 7.14. The molecule has 0 unspecified atom stereocenters. The number of hydrogen-bond donors (Lipinski definition) is 2. The molecule has 0 fully saturated rings. The Bertz CT molecular complexity index is 765. The van der Waals surface area contributed by atoms with E-state index < -0.39 is 0 Å². The molecule has 2 heterocycles. The van der Waals surface area contributed by atoms with Crippen LogP contribution < -0.4 is 10.6 Å². The molecule has 2 N–H and O–H groups in total. The lowest BCUT2D eigenvalue weighted by Crippen LogP contribution is -2.10. The van der Waals surface area contributed by atoms with Crippen molar-refractivity contribution >= 4 is 28.1 Å². The standard InChI is InChI=1S/C16H15N3O2S/c1-2-17-16-19-13(10-22-16)11-5-3-6-12(9-11)18-15(20)14-7-4-8-21-14/h3-10H,2H2,1H3,(H,17,19)(H,18,20). The minimum Gasteiger partial charge on any atom is -0.459 e. The largest absolute Gasteiger partial charge is 0.459 e. The fraction of sp³-hybridized carbons (Fsp3) is 0.125. The van der Waals surface area contributed by atoms with Gasteiger partial charge in [0.2, 0.25) is 0 Å². The first-order valence-electron chi connectivity index (χ1n) is 6.91. The Kier molecular flexibility index (Phi) is 4.20. The maximum absolute atomic E-state index is 12.0. The minimum absolute atomic E-state index is 0.270. The van der Waals surface area contributed by atoms with E-state index in [2.05, 4.69) is 15.6 Å². The number of hydrogen-bond acceptors (Lipinski definition) is 5. The van der Waals surface area contributed by atoms with E-state index in [1.165, 1.54) is 6.26 Å². The van der Waals surface area contributed by atoms with Crippen LogP contribution in [0.3, 0.4) is 0 Å². The van der Waals surface area contributed by atoms with Crippen molar-refractivity contribution in [3.05, 3.63) is 53.8 Å². The molecule has 0 spiro atoms. The van der Waals surface area contributed by atoms with Crippen molar-refractivity contribution < 1.29 is 9.21 Å². The van der Waals surface area contributed by atoms with E-state index in [9.17, 15) is 4.79 Å². The van der Waals surface area contributed by atoms with Gasteiger partial charge >= 0.3 is 0 Å². The highest BCUT2D eigenvalue weighted by Gasteiger charge is 2.10. The molecule has 0 saturated carbocycles. The van der Waals surface area contributed by atoms with Crippen LogP contribution in [0.25, 0.3) is 11.3 Å². The van der Waals surface area contributed by atoms with Gasteiger partial charge in [0.1, 0.15) is 0 Å². The molecule has 3 aromatic rings. The Morgan fingerprint density at radius 2 is 2.23 bits per heavy atom. The third kappa shape index (κ3) is 3.17. The predicted octanol–water partition coefficient (Wildman–Crippen LogP) is 4.09. The number of furan rings is 1. The molecule has 0 aliphatic heterocycles. The van der Waals surface area contributed by atoms with Crippen LogP contribution >= 0.6 is 11.3 Å². The molecule has 0 saturated heterocycles. The monoisotopic (exact) mass is 313 g/mol. The topological polar surface area (TPSA) is 67.2 Å². The van der Waals surface area contributed by atoms with Crippen LogP contribution in [0.2, 0.25) is 0 Å². The number of thiazole rings is 1. The van der Waals surface area contributed by atoms with Crippen LogP contribution in [-0.2, 0) is 0 Å². The van der Waals surface area contributed by atoms with Crippen LogP contribution in [0.5, 0.6) is 0 Å². The lowest BCUT2D eigenvalue weighted by molar-refractivity contribution is 0.0996. The quantitative estimate of drug-likeness (QED) is 0.744. The van der Waals surface area contributed by atoms with E-state index in [0.717, 1.165) is 22.9 Å². The molecule has 0 aliphatic carbocycles. The highest BCUT2D eigenvalue weighted by Crippen LogP contribution is 2.26. The molecule has 6 heteroatoms. The first-order valence-corrected chi connectivity index (χ1v) is 7.79. The lowest BCUT2D eigenvalue weighted by atomic mass is 10.1. The molecule has 5 nitrogen and oxygen atoms in total. The summed E-state index contributed by atoms with van der Waals surface area (Å²) >= 11 is 1.56. The van der Waals surface area contributed by atoms with Gasteiger partial charge in [-0.15, -0.1) is 11.3 Å². The second kappa shape index (κ2) is 6.44. The minimum atomic E-state index is -0.270. The van der Waals surface area contributed by atoms with Gasteiger partial charge in [0.05, 0.1) is 12.0 Å². The number of nitrogens with one attached hydrogen (secondary N) is 2. The summed E-state index contributed by atoms with van der Waals surface area (Å²) in [6.07, 6.45) is 1.48. The summed E-state index contributed by atoms with van der Waals surface area (Å²) < 4.78 is 5.08. The number of anilines is 2. The maximum Gasteiger partial charge on any atom is 0.291 e. The second-order valence-corrected chi connectivity index (χ2v) is 5.44. The van der Waals surface area contributed by atoms with Crippen LogP contribution in [0.15, 0.2) is 52.5 Å². The summed E-state index contributed by atoms with van der Waals surface area (Å²) in [5.74, 6) is 0.0160. The number of carbonyl (C=O) groups is 1. The van der Waals surface area contributed by atoms with E-state index in [0.29, 0.717) is 5.69 Å². The van der Waals surface area contributed by atoms with E-state index in [1.807, 2.05) is 36.6 Å². The van der Waals surface area contributed by atoms with Crippen molar-refractivity contribution in [3.63, 3.8) is 0 Å². The van der Waals surface area contributed by atoms with Crippen LogP contribution in [0, 0.1) is 0 Å². The SMILES string of the molecule is CCNc1nc(-c2cccc(NC(=O)c3ccco3)c2)cs1. The van der Waals surface area contributed by atoms with Crippen LogP contribution in [0.4, 0.5) is 10.8 Å². The van der Waals surface area contributed by atoms with Gasteiger partial charge in [-0.1, -0.05) is 12.1 Å². The Labute approximate surface area is 132 Å². The summed E-state index contributed by atoms with van der Waals surface area (Å²) in [5, 5.41) is 8.88. The van der Waals surface area contributed by atoms with E-state index >= 15 is 0 Å². The molecule has 1 amide bonds. The fourth-order valence-corrected chi connectivity index (χ4v) is 2.79. The fourth-order valence-electron chi connectivity index (χ4n) is 2.00. The average molecular weight is 313 g/mol. The van der Waals surface area contributed by atoms with Gasteiger partial charge in [-0.25, -0.2) is 4.98 Å². The molecular formula is C16H15N3O2S. The van der Waals surface area contributed by atoms with E-state index in [-0.39, 0.29) is 11.7 Å². The first kappa shape index (κ1) is 14.3. The van der Waals surface area contributed by atoms with Crippen LogP contribution in [0.1, 0.15) is 17.5 Å². The molecule has 112 valence electrons. The second-order valence-electron chi connectivity index (χ2n) is 4.58. The Hall–Kier alpha value is -2.60. The number of rotatable bonds is 5. The third-order valence-corrected chi connectivity index (χ3v) is 3.79. The molecular weight excluding hydrogens is 298 g/mol. The average Bonchev–Trinajstić information content (AvgIpc) is 3.19. The molecule has 22 heavy (non-hydrogen) atoms. The molecule has 3 rings (SSSR count). The van der Waals surface area contributed by atoms with Crippen molar-refractivity contribution in [2.75, 3.05) is 17.2 Å². The summed E-state index contributed by atoms with van der Waals surface area (Å²) in [4.78, 5) is 16.5. The molecule has 0 radical (unpaired) electrons. The van der Waals surface area contributed by atoms with Crippen LogP contribution in [-0.4, -0.2) is 17.4 Å². The van der Waals surface area contributed by atoms with Gasteiger partial charge in [0.25, 0.3) is 5.91 Å². The smallest absolute Gasteiger partial charge is 0.291 e.